The van der Waals surface area contributed by atoms with E-state index in [1.165, 1.54) is 17.2 Å². The van der Waals surface area contributed by atoms with E-state index >= 15 is 0 Å². The summed E-state index contributed by atoms with van der Waals surface area (Å²) in [6.45, 7) is 0. The zero-order valence-electron chi connectivity index (χ0n) is 9.29. The smallest absolute Gasteiger partial charge is 0.129 e. The second-order valence-corrected chi connectivity index (χ2v) is 4.46. The Morgan fingerprint density at radius 1 is 0.941 bits per heavy atom. The largest absolute Gasteiger partial charge is 0.207 e. The number of halogens is 2. The van der Waals surface area contributed by atoms with Gasteiger partial charge >= 0.3 is 0 Å². The fraction of sp³-hybridized carbons (Fsp3) is 0.200. The van der Waals surface area contributed by atoms with Crippen LogP contribution < -0.4 is 0 Å². The molecule has 0 radical (unpaired) electrons. The van der Waals surface area contributed by atoms with Crippen LogP contribution >= 0.6 is 0 Å². The van der Waals surface area contributed by atoms with Gasteiger partial charge in [0.1, 0.15) is 11.6 Å². The van der Waals surface area contributed by atoms with Gasteiger partial charge in [0.25, 0.3) is 0 Å². The van der Waals surface area contributed by atoms with E-state index in [1.807, 2.05) is 18.2 Å². The summed E-state index contributed by atoms with van der Waals surface area (Å²) < 4.78 is 26.6. The molecule has 0 bridgehead atoms. The van der Waals surface area contributed by atoms with Gasteiger partial charge in [0.15, 0.2) is 0 Å². The Bertz CT molecular complexity index is 561. The first kappa shape index (κ1) is 10.5. The molecule has 1 aliphatic rings. The summed E-state index contributed by atoms with van der Waals surface area (Å²) in [5, 5.41) is 0. The highest BCUT2D eigenvalue weighted by Gasteiger charge is 2.25. The minimum atomic E-state index is -0.516. The van der Waals surface area contributed by atoms with E-state index in [2.05, 4.69) is 6.07 Å². The molecule has 2 aromatic rings. The van der Waals surface area contributed by atoms with Gasteiger partial charge in [-0.1, -0.05) is 30.3 Å². The van der Waals surface area contributed by atoms with E-state index in [4.69, 9.17) is 0 Å². The lowest BCUT2D eigenvalue weighted by Crippen LogP contribution is -2.00. The predicted octanol–water partition coefficient (Wildman–Crippen LogP) is 4.04. The molecule has 2 aromatic carbocycles. The first-order chi connectivity index (χ1) is 8.25. The standard InChI is InChI=1S/C15H12F2/c16-11-6-8-14(15(17)9-11)13-7-5-10-3-1-2-4-12(10)13/h1-4,6,8-9,13H,5,7H2. The van der Waals surface area contributed by atoms with Crippen LogP contribution in [0, 0.1) is 11.6 Å². The lowest BCUT2D eigenvalue weighted by Gasteiger charge is -2.13. The van der Waals surface area contributed by atoms with Crippen molar-refractivity contribution in [1.82, 2.24) is 0 Å². The van der Waals surface area contributed by atoms with Crippen molar-refractivity contribution in [2.45, 2.75) is 18.8 Å². The van der Waals surface area contributed by atoms with E-state index in [1.54, 1.807) is 6.07 Å². The molecule has 1 aliphatic carbocycles. The molecule has 0 aliphatic heterocycles. The number of aryl methyl sites for hydroxylation is 1. The Labute approximate surface area is 98.9 Å². The van der Waals surface area contributed by atoms with Crippen molar-refractivity contribution in [1.29, 1.82) is 0 Å². The average molecular weight is 230 g/mol. The molecule has 0 fully saturated rings. The highest BCUT2D eigenvalue weighted by Crippen LogP contribution is 2.38. The van der Waals surface area contributed by atoms with Gasteiger partial charge in [0.05, 0.1) is 0 Å². The maximum atomic E-state index is 13.8. The Balaban J connectivity index is 2.07. The van der Waals surface area contributed by atoms with Crippen LogP contribution in [0.3, 0.4) is 0 Å². The van der Waals surface area contributed by atoms with Crippen LogP contribution in [0.1, 0.15) is 29.0 Å². The van der Waals surface area contributed by atoms with Crippen LogP contribution in [0.2, 0.25) is 0 Å². The summed E-state index contributed by atoms with van der Waals surface area (Å²) in [7, 11) is 0. The maximum absolute atomic E-state index is 13.8. The van der Waals surface area contributed by atoms with Crippen LogP contribution in [0.25, 0.3) is 0 Å². The van der Waals surface area contributed by atoms with Crippen molar-refractivity contribution < 1.29 is 8.78 Å². The quantitative estimate of drug-likeness (QED) is 0.693. The summed E-state index contributed by atoms with van der Waals surface area (Å²) >= 11 is 0. The first-order valence-electron chi connectivity index (χ1n) is 5.78. The molecule has 0 saturated carbocycles. The third-order valence-corrected chi connectivity index (χ3v) is 3.47. The van der Waals surface area contributed by atoms with Gasteiger partial charge in [-0.2, -0.15) is 0 Å². The number of benzene rings is 2. The van der Waals surface area contributed by atoms with Crippen molar-refractivity contribution in [3.8, 4) is 0 Å². The highest BCUT2D eigenvalue weighted by atomic mass is 19.1. The van der Waals surface area contributed by atoms with E-state index in [-0.39, 0.29) is 5.92 Å². The summed E-state index contributed by atoms with van der Waals surface area (Å²) in [4.78, 5) is 0. The van der Waals surface area contributed by atoms with E-state index in [0.717, 1.165) is 18.9 Å². The predicted molar refractivity (Wildman–Crippen MR) is 63.0 cm³/mol. The minimum Gasteiger partial charge on any atom is -0.207 e. The average Bonchev–Trinajstić information content (AvgIpc) is 2.73. The SMILES string of the molecule is Fc1ccc(C2CCc3ccccc32)c(F)c1. The molecule has 0 saturated heterocycles. The van der Waals surface area contributed by atoms with Crippen LogP contribution in [0.15, 0.2) is 42.5 Å². The summed E-state index contributed by atoms with van der Waals surface area (Å²) in [5.41, 5.74) is 3.07. The maximum Gasteiger partial charge on any atom is 0.129 e. The molecule has 3 rings (SSSR count). The zero-order valence-corrected chi connectivity index (χ0v) is 9.29. The summed E-state index contributed by atoms with van der Waals surface area (Å²) in [6.07, 6.45) is 1.87. The molecule has 1 unspecified atom stereocenters. The van der Waals surface area contributed by atoms with Gasteiger partial charge in [-0.3, -0.25) is 0 Å². The van der Waals surface area contributed by atoms with Gasteiger partial charge < -0.3 is 0 Å². The fourth-order valence-corrected chi connectivity index (χ4v) is 2.66. The highest BCUT2D eigenvalue weighted by molar-refractivity contribution is 5.42. The van der Waals surface area contributed by atoms with Gasteiger partial charge in [0.2, 0.25) is 0 Å². The molecule has 2 heteroatoms. The van der Waals surface area contributed by atoms with Crippen molar-refractivity contribution in [2.24, 2.45) is 0 Å². The van der Waals surface area contributed by atoms with Crippen LogP contribution in [0.4, 0.5) is 8.78 Å². The molecule has 0 N–H and O–H groups in total. The van der Waals surface area contributed by atoms with Crippen molar-refractivity contribution >= 4 is 0 Å². The second kappa shape index (κ2) is 3.95. The Morgan fingerprint density at radius 3 is 2.59 bits per heavy atom. The molecule has 0 aromatic heterocycles. The van der Waals surface area contributed by atoms with Crippen molar-refractivity contribution in [3.63, 3.8) is 0 Å². The Morgan fingerprint density at radius 2 is 1.76 bits per heavy atom. The van der Waals surface area contributed by atoms with Gasteiger partial charge in [-0.15, -0.1) is 0 Å². The van der Waals surface area contributed by atoms with Crippen molar-refractivity contribution in [3.05, 3.63) is 70.8 Å². The molecular formula is C15H12F2. The van der Waals surface area contributed by atoms with E-state index in [0.29, 0.717) is 5.56 Å². The molecule has 0 heterocycles. The first-order valence-corrected chi connectivity index (χ1v) is 5.78. The Kier molecular flexibility index (Phi) is 2.43. The molecule has 17 heavy (non-hydrogen) atoms. The number of hydrogen-bond donors (Lipinski definition) is 0. The van der Waals surface area contributed by atoms with Gasteiger partial charge in [-0.05, 0) is 35.6 Å². The molecule has 1 atom stereocenters. The normalized spacial score (nSPS) is 18.1. The number of hydrogen-bond acceptors (Lipinski definition) is 0. The van der Waals surface area contributed by atoms with Crippen molar-refractivity contribution in [2.75, 3.05) is 0 Å². The van der Waals surface area contributed by atoms with Crippen LogP contribution in [0.5, 0.6) is 0 Å². The number of rotatable bonds is 1. The van der Waals surface area contributed by atoms with E-state index in [9.17, 15) is 8.78 Å². The fourth-order valence-electron chi connectivity index (χ4n) is 2.66. The van der Waals surface area contributed by atoms with Crippen LogP contribution in [-0.4, -0.2) is 0 Å². The van der Waals surface area contributed by atoms with Gasteiger partial charge in [0, 0.05) is 12.0 Å². The number of fused-ring (bicyclic) bond motifs is 1. The lowest BCUT2D eigenvalue weighted by atomic mass is 9.92. The molecule has 0 nitrogen and oxygen atoms in total. The second-order valence-electron chi connectivity index (χ2n) is 4.46. The third kappa shape index (κ3) is 1.74. The zero-order chi connectivity index (χ0) is 11.8. The lowest BCUT2D eigenvalue weighted by molar-refractivity contribution is 0.563. The molecule has 0 spiro atoms. The monoisotopic (exact) mass is 230 g/mol. The van der Waals surface area contributed by atoms with Crippen LogP contribution in [-0.2, 0) is 6.42 Å². The minimum absolute atomic E-state index is 0.0757. The molecule has 0 amide bonds. The van der Waals surface area contributed by atoms with Gasteiger partial charge in [-0.25, -0.2) is 8.78 Å². The molecular weight excluding hydrogens is 218 g/mol. The molecule has 86 valence electrons. The van der Waals surface area contributed by atoms with E-state index < -0.39 is 11.6 Å². The Hall–Kier alpha value is -1.70. The summed E-state index contributed by atoms with van der Waals surface area (Å²) in [6, 6.07) is 12.0. The summed E-state index contributed by atoms with van der Waals surface area (Å²) in [5.74, 6) is -0.879. The third-order valence-electron chi connectivity index (χ3n) is 3.47. The topological polar surface area (TPSA) is 0 Å².